The van der Waals surface area contributed by atoms with Gasteiger partial charge in [0.1, 0.15) is 5.82 Å². The van der Waals surface area contributed by atoms with E-state index in [1.165, 1.54) is 10.1 Å². The number of fused-ring (bicyclic) bond motifs is 1. The third-order valence-corrected chi connectivity index (χ3v) is 4.68. The molecule has 0 spiro atoms. The second-order valence-electron chi connectivity index (χ2n) is 5.17. The molecule has 2 N–H and O–H groups in total. The van der Waals surface area contributed by atoms with Gasteiger partial charge in [-0.2, -0.15) is 0 Å². The van der Waals surface area contributed by atoms with E-state index in [9.17, 15) is 0 Å². The van der Waals surface area contributed by atoms with Crippen LogP contribution in [0.3, 0.4) is 0 Å². The third kappa shape index (κ3) is 2.95. The van der Waals surface area contributed by atoms with Crippen molar-refractivity contribution in [3.05, 3.63) is 23.7 Å². The zero-order valence-electron chi connectivity index (χ0n) is 11.6. The molecule has 3 heterocycles. The van der Waals surface area contributed by atoms with Crippen molar-refractivity contribution in [1.29, 1.82) is 0 Å². The molecule has 2 aromatic heterocycles. The second-order valence-corrected chi connectivity index (χ2v) is 6.11. The minimum absolute atomic E-state index is 0.388. The second kappa shape index (κ2) is 6.52. The molecule has 0 aliphatic carbocycles. The fraction of sp³-hybridized carbons (Fsp3) is 0.533. The third-order valence-electron chi connectivity index (χ3n) is 3.80. The fourth-order valence-electron chi connectivity index (χ4n) is 2.70. The first kappa shape index (κ1) is 13.8. The van der Waals surface area contributed by atoms with Crippen LogP contribution in [-0.2, 0) is 4.74 Å². The van der Waals surface area contributed by atoms with Crippen molar-refractivity contribution in [3.63, 3.8) is 0 Å². The summed E-state index contributed by atoms with van der Waals surface area (Å²) in [7, 11) is 0. The predicted molar refractivity (Wildman–Crippen MR) is 84.5 cm³/mol. The van der Waals surface area contributed by atoms with Crippen LogP contribution in [-0.4, -0.2) is 37.3 Å². The number of piperidine rings is 1. The molecule has 0 aromatic carbocycles. The van der Waals surface area contributed by atoms with E-state index in [4.69, 9.17) is 10.5 Å². The summed E-state index contributed by atoms with van der Waals surface area (Å²) in [5.74, 6) is 1.13. The summed E-state index contributed by atoms with van der Waals surface area (Å²) in [6, 6.07) is 4.26. The van der Waals surface area contributed by atoms with Gasteiger partial charge < -0.3 is 15.4 Å². The molecule has 2 aromatic rings. The van der Waals surface area contributed by atoms with Gasteiger partial charge in [0.05, 0.1) is 6.10 Å². The molecule has 0 bridgehead atoms. The lowest BCUT2D eigenvalue weighted by molar-refractivity contribution is 0.0366. The Bertz CT molecular complexity index is 549. The highest BCUT2D eigenvalue weighted by atomic mass is 32.1. The summed E-state index contributed by atoms with van der Waals surface area (Å²) in [6.07, 6.45) is 5.41. The van der Waals surface area contributed by atoms with E-state index in [1.54, 1.807) is 11.3 Å². The molecule has 1 saturated heterocycles. The average Bonchev–Trinajstić information content (AvgIpc) is 2.97. The lowest BCUT2D eigenvalue weighted by atomic mass is 10.1. The number of rotatable bonds is 5. The topological polar surface area (TPSA) is 51.4 Å². The van der Waals surface area contributed by atoms with E-state index in [0.29, 0.717) is 12.6 Å². The molecule has 20 heavy (non-hydrogen) atoms. The lowest BCUT2D eigenvalue weighted by Crippen LogP contribution is -2.37. The molecule has 0 atom stereocenters. The molecule has 0 unspecified atom stereocenters. The first-order valence-corrected chi connectivity index (χ1v) is 8.15. The Morgan fingerprint density at radius 3 is 3.00 bits per heavy atom. The van der Waals surface area contributed by atoms with Gasteiger partial charge in [0, 0.05) is 36.0 Å². The molecule has 3 rings (SSSR count). The van der Waals surface area contributed by atoms with E-state index in [-0.39, 0.29) is 0 Å². The highest BCUT2D eigenvalue weighted by Crippen LogP contribution is 2.30. The number of thiophene rings is 1. The lowest BCUT2D eigenvalue weighted by Gasteiger charge is -2.33. The Labute approximate surface area is 123 Å². The molecule has 0 amide bonds. The Hall–Kier alpha value is -1.17. The minimum Gasteiger partial charge on any atom is -0.378 e. The monoisotopic (exact) mass is 291 g/mol. The van der Waals surface area contributed by atoms with Crippen molar-refractivity contribution < 1.29 is 4.74 Å². The number of hydrogen-bond donors (Lipinski definition) is 1. The molecule has 5 heteroatoms. The van der Waals surface area contributed by atoms with Crippen molar-refractivity contribution in [2.75, 3.05) is 31.1 Å². The Balaban J connectivity index is 1.62. The van der Waals surface area contributed by atoms with Crippen LogP contribution < -0.4 is 10.6 Å². The molecule has 1 aliphatic rings. The summed E-state index contributed by atoms with van der Waals surface area (Å²) in [6.45, 7) is 3.55. The standard InChI is InChI=1S/C15H21N3OS/c16-6-1-10-19-12-3-8-18(9-4-12)15-13-5-11-20-14(13)2-7-17-15/h2,5,7,11-12H,1,3-4,6,8-10,16H2. The summed E-state index contributed by atoms with van der Waals surface area (Å²) >= 11 is 1.78. The van der Waals surface area contributed by atoms with Crippen LogP contribution in [0.5, 0.6) is 0 Å². The van der Waals surface area contributed by atoms with Gasteiger partial charge in [-0.15, -0.1) is 11.3 Å². The maximum absolute atomic E-state index is 5.86. The average molecular weight is 291 g/mol. The van der Waals surface area contributed by atoms with Gasteiger partial charge in [-0.1, -0.05) is 0 Å². The molecule has 1 fully saturated rings. The molecular weight excluding hydrogens is 270 g/mol. The van der Waals surface area contributed by atoms with Crippen LogP contribution >= 0.6 is 11.3 Å². The Kier molecular flexibility index (Phi) is 4.50. The van der Waals surface area contributed by atoms with Gasteiger partial charge in [-0.05, 0) is 43.3 Å². The van der Waals surface area contributed by atoms with E-state index in [2.05, 4.69) is 27.4 Å². The van der Waals surface area contributed by atoms with Crippen LogP contribution in [0.1, 0.15) is 19.3 Å². The maximum Gasteiger partial charge on any atom is 0.137 e. The zero-order chi connectivity index (χ0) is 13.8. The van der Waals surface area contributed by atoms with Gasteiger partial charge in [0.15, 0.2) is 0 Å². The SMILES string of the molecule is NCCCOC1CCN(c2nccc3sccc23)CC1. The van der Waals surface area contributed by atoms with E-state index < -0.39 is 0 Å². The number of nitrogens with zero attached hydrogens (tertiary/aromatic N) is 2. The largest absolute Gasteiger partial charge is 0.378 e. The number of anilines is 1. The van der Waals surface area contributed by atoms with Crippen LogP contribution in [0.25, 0.3) is 10.1 Å². The van der Waals surface area contributed by atoms with Crippen molar-refractivity contribution in [1.82, 2.24) is 4.98 Å². The Morgan fingerprint density at radius 2 is 2.20 bits per heavy atom. The molecule has 1 aliphatic heterocycles. The Morgan fingerprint density at radius 1 is 1.35 bits per heavy atom. The molecule has 108 valence electrons. The summed E-state index contributed by atoms with van der Waals surface area (Å²) < 4.78 is 7.17. The highest BCUT2D eigenvalue weighted by molar-refractivity contribution is 7.17. The first-order chi connectivity index (χ1) is 9.88. The molecule has 0 radical (unpaired) electrons. The summed E-state index contributed by atoms with van der Waals surface area (Å²) in [5, 5.41) is 3.42. The van der Waals surface area contributed by atoms with E-state index >= 15 is 0 Å². The first-order valence-electron chi connectivity index (χ1n) is 7.27. The van der Waals surface area contributed by atoms with Gasteiger partial charge in [0.25, 0.3) is 0 Å². The van der Waals surface area contributed by atoms with Crippen LogP contribution in [0, 0.1) is 0 Å². The molecular formula is C15H21N3OS. The number of nitrogens with two attached hydrogens (primary N) is 1. The smallest absolute Gasteiger partial charge is 0.137 e. The van der Waals surface area contributed by atoms with Crippen LogP contribution in [0.15, 0.2) is 23.7 Å². The maximum atomic E-state index is 5.86. The highest BCUT2D eigenvalue weighted by Gasteiger charge is 2.21. The summed E-state index contributed by atoms with van der Waals surface area (Å²) in [4.78, 5) is 6.97. The number of aromatic nitrogens is 1. The van der Waals surface area contributed by atoms with E-state index in [0.717, 1.165) is 44.8 Å². The van der Waals surface area contributed by atoms with Gasteiger partial charge in [-0.25, -0.2) is 4.98 Å². The van der Waals surface area contributed by atoms with Crippen molar-refractivity contribution in [2.45, 2.75) is 25.4 Å². The normalized spacial score (nSPS) is 16.9. The van der Waals surface area contributed by atoms with Crippen molar-refractivity contribution in [2.24, 2.45) is 5.73 Å². The van der Waals surface area contributed by atoms with Gasteiger partial charge in [-0.3, -0.25) is 0 Å². The quantitative estimate of drug-likeness (QED) is 0.860. The van der Waals surface area contributed by atoms with Gasteiger partial charge in [0.2, 0.25) is 0 Å². The van der Waals surface area contributed by atoms with Crippen molar-refractivity contribution in [3.8, 4) is 0 Å². The molecule has 0 saturated carbocycles. The van der Waals surface area contributed by atoms with Crippen LogP contribution in [0.4, 0.5) is 5.82 Å². The predicted octanol–water partition coefficient (Wildman–Crippen LogP) is 2.63. The zero-order valence-corrected chi connectivity index (χ0v) is 12.4. The molecule has 4 nitrogen and oxygen atoms in total. The minimum atomic E-state index is 0.388. The van der Waals surface area contributed by atoms with Gasteiger partial charge >= 0.3 is 0 Å². The van der Waals surface area contributed by atoms with Crippen molar-refractivity contribution >= 4 is 27.2 Å². The summed E-state index contributed by atoms with van der Waals surface area (Å²) in [5.41, 5.74) is 5.49. The van der Waals surface area contributed by atoms with Crippen LogP contribution in [0.2, 0.25) is 0 Å². The number of ether oxygens (including phenoxy) is 1. The number of pyridine rings is 1. The van der Waals surface area contributed by atoms with E-state index in [1.807, 2.05) is 6.20 Å². The number of hydrogen-bond acceptors (Lipinski definition) is 5. The fourth-order valence-corrected chi connectivity index (χ4v) is 3.48.